The van der Waals surface area contributed by atoms with Crippen LogP contribution in [-0.4, -0.2) is 12.5 Å². The minimum absolute atomic E-state index is 0.0405. The normalized spacial score (nSPS) is 17.8. The highest BCUT2D eigenvalue weighted by atomic mass is 16.2. The number of nitrogens with zero attached hydrogens (tertiary/aromatic N) is 1. The number of hydrogen-bond acceptors (Lipinski definition) is 1. The van der Waals surface area contributed by atoms with Crippen LogP contribution in [0.15, 0.2) is 18.2 Å². The first-order valence-corrected chi connectivity index (χ1v) is 6.88. The topological polar surface area (TPSA) is 20.3 Å². The number of aryl methyl sites for hydroxylation is 1. The first-order valence-electron chi connectivity index (χ1n) is 6.88. The molecule has 0 saturated heterocycles. The van der Waals surface area contributed by atoms with Gasteiger partial charge in [0.25, 0.3) is 0 Å². The van der Waals surface area contributed by atoms with Gasteiger partial charge in [-0.1, -0.05) is 45.4 Å². The zero-order valence-corrected chi connectivity index (χ0v) is 11.9. The molecule has 1 amide bonds. The van der Waals surface area contributed by atoms with E-state index in [1.807, 2.05) is 4.90 Å². The van der Waals surface area contributed by atoms with Crippen molar-refractivity contribution in [2.45, 2.75) is 52.4 Å². The number of benzene rings is 1. The molecule has 2 heteroatoms. The van der Waals surface area contributed by atoms with E-state index in [1.54, 1.807) is 0 Å². The summed E-state index contributed by atoms with van der Waals surface area (Å²) in [5.41, 5.74) is 3.65. The summed E-state index contributed by atoms with van der Waals surface area (Å²) in [6.45, 7) is 9.45. The van der Waals surface area contributed by atoms with Crippen LogP contribution in [0.1, 0.15) is 51.2 Å². The molecule has 98 valence electrons. The predicted molar refractivity (Wildman–Crippen MR) is 76.1 cm³/mol. The van der Waals surface area contributed by atoms with Crippen molar-refractivity contribution >= 4 is 11.6 Å². The van der Waals surface area contributed by atoms with Gasteiger partial charge in [0.15, 0.2) is 0 Å². The number of para-hydroxylation sites is 1. The smallest absolute Gasteiger partial charge is 0.227 e. The average Bonchev–Trinajstić information content (AvgIpc) is 2.29. The van der Waals surface area contributed by atoms with E-state index < -0.39 is 0 Å². The largest absolute Gasteiger partial charge is 0.312 e. The lowest BCUT2D eigenvalue weighted by atomic mass is 9.76. The molecule has 2 rings (SSSR count). The summed E-state index contributed by atoms with van der Waals surface area (Å²) >= 11 is 0. The zero-order valence-electron chi connectivity index (χ0n) is 11.9. The number of carbonyl (C=O) groups excluding carboxylic acids is 1. The Kier molecular flexibility index (Phi) is 3.47. The third-order valence-electron chi connectivity index (χ3n) is 3.87. The molecule has 0 radical (unpaired) electrons. The third kappa shape index (κ3) is 2.16. The van der Waals surface area contributed by atoms with Gasteiger partial charge in [0.05, 0.1) is 5.69 Å². The number of anilines is 1. The van der Waals surface area contributed by atoms with Crippen LogP contribution < -0.4 is 4.90 Å². The number of amides is 1. The van der Waals surface area contributed by atoms with Crippen LogP contribution in [0.25, 0.3) is 0 Å². The summed E-state index contributed by atoms with van der Waals surface area (Å²) in [4.78, 5) is 14.4. The first kappa shape index (κ1) is 13.1. The van der Waals surface area contributed by atoms with Crippen LogP contribution in [0.2, 0.25) is 0 Å². The predicted octanol–water partition coefficient (Wildman–Crippen LogP) is 3.81. The lowest BCUT2D eigenvalue weighted by Crippen LogP contribution is -2.42. The fourth-order valence-electron chi connectivity index (χ4n) is 2.81. The molecular formula is C16H23NO. The van der Waals surface area contributed by atoms with Crippen LogP contribution in [0.3, 0.4) is 0 Å². The second-order valence-corrected chi connectivity index (χ2v) is 5.93. The van der Waals surface area contributed by atoms with Crippen molar-refractivity contribution in [2.75, 3.05) is 11.4 Å². The van der Waals surface area contributed by atoms with E-state index in [-0.39, 0.29) is 11.3 Å². The third-order valence-corrected chi connectivity index (χ3v) is 3.87. The van der Waals surface area contributed by atoms with Gasteiger partial charge in [0.1, 0.15) is 0 Å². The number of rotatable bonds is 3. The van der Waals surface area contributed by atoms with E-state index >= 15 is 0 Å². The zero-order chi connectivity index (χ0) is 13.3. The number of fused-ring (bicyclic) bond motifs is 1. The summed E-state index contributed by atoms with van der Waals surface area (Å²) in [5.74, 6) is 0.273. The van der Waals surface area contributed by atoms with Gasteiger partial charge in [-0.25, -0.2) is 0 Å². The molecule has 1 aromatic carbocycles. The van der Waals surface area contributed by atoms with Gasteiger partial charge in [0.2, 0.25) is 5.91 Å². The Morgan fingerprint density at radius 2 is 2.06 bits per heavy atom. The van der Waals surface area contributed by atoms with Crippen molar-refractivity contribution in [1.29, 1.82) is 0 Å². The standard InChI is InChI=1S/C16H23NO/c1-5-6-10-17-14(18)11-16(3,4)13-9-7-8-12(2)15(13)17/h7-9H,5-6,10-11H2,1-4H3. The van der Waals surface area contributed by atoms with E-state index in [4.69, 9.17) is 0 Å². The molecule has 0 spiro atoms. The maximum absolute atomic E-state index is 12.4. The van der Waals surface area contributed by atoms with Gasteiger partial charge in [-0.15, -0.1) is 0 Å². The second-order valence-electron chi connectivity index (χ2n) is 5.93. The Labute approximate surface area is 110 Å². The Morgan fingerprint density at radius 3 is 2.72 bits per heavy atom. The van der Waals surface area contributed by atoms with Gasteiger partial charge < -0.3 is 4.90 Å². The molecule has 0 N–H and O–H groups in total. The van der Waals surface area contributed by atoms with E-state index in [0.717, 1.165) is 25.1 Å². The Balaban J connectivity index is 2.49. The fraction of sp³-hybridized carbons (Fsp3) is 0.562. The van der Waals surface area contributed by atoms with Crippen molar-refractivity contribution < 1.29 is 4.79 Å². The molecule has 1 aromatic rings. The van der Waals surface area contributed by atoms with Gasteiger partial charge in [-0.05, 0) is 24.5 Å². The van der Waals surface area contributed by atoms with E-state index in [9.17, 15) is 4.79 Å². The molecule has 18 heavy (non-hydrogen) atoms. The highest BCUT2D eigenvalue weighted by Gasteiger charge is 2.36. The Morgan fingerprint density at radius 1 is 1.33 bits per heavy atom. The SMILES string of the molecule is CCCCN1C(=O)CC(C)(C)c2cccc(C)c21. The number of carbonyl (C=O) groups is 1. The second kappa shape index (κ2) is 4.75. The number of hydrogen-bond donors (Lipinski definition) is 0. The van der Waals surface area contributed by atoms with Crippen molar-refractivity contribution in [3.63, 3.8) is 0 Å². The first-order chi connectivity index (χ1) is 8.47. The van der Waals surface area contributed by atoms with Gasteiger partial charge >= 0.3 is 0 Å². The van der Waals surface area contributed by atoms with Crippen LogP contribution in [0.4, 0.5) is 5.69 Å². The molecule has 0 unspecified atom stereocenters. The molecule has 1 heterocycles. The van der Waals surface area contributed by atoms with Crippen molar-refractivity contribution in [2.24, 2.45) is 0 Å². The Hall–Kier alpha value is -1.31. The minimum atomic E-state index is -0.0405. The lowest BCUT2D eigenvalue weighted by Gasteiger charge is -2.39. The van der Waals surface area contributed by atoms with Gasteiger partial charge in [-0.3, -0.25) is 4.79 Å². The van der Waals surface area contributed by atoms with Crippen LogP contribution in [0.5, 0.6) is 0 Å². The fourth-order valence-corrected chi connectivity index (χ4v) is 2.81. The summed E-state index contributed by atoms with van der Waals surface area (Å²) in [7, 11) is 0. The van der Waals surface area contributed by atoms with Crippen molar-refractivity contribution in [3.05, 3.63) is 29.3 Å². The maximum Gasteiger partial charge on any atom is 0.227 e. The lowest BCUT2D eigenvalue weighted by molar-refractivity contribution is -0.120. The monoisotopic (exact) mass is 245 g/mol. The molecule has 0 atom stereocenters. The van der Waals surface area contributed by atoms with Crippen LogP contribution >= 0.6 is 0 Å². The number of unbranched alkanes of at least 4 members (excludes halogenated alkanes) is 1. The average molecular weight is 245 g/mol. The van der Waals surface area contributed by atoms with E-state index in [1.165, 1.54) is 11.1 Å². The highest BCUT2D eigenvalue weighted by Crippen LogP contribution is 2.41. The minimum Gasteiger partial charge on any atom is -0.312 e. The molecular weight excluding hydrogens is 222 g/mol. The molecule has 0 saturated carbocycles. The molecule has 1 aliphatic heterocycles. The molecule has 0 aromatic heterocycles. The summed E-state index contributed by atoms with van der Waals surface area (Å²) < 4.78 is 0. The van der Waals surface area contributed by atoms with E-state index in [2.05, 4.69) is 45.9 Å². The summed E-state index contributed by atoms with van der Waals surface area (Å²) in [5, 5.41) is 0. The summed E-state index contributed by atoms with van der Waals surface area (Å²) in [6, 6.07) is 6.38. The summed E-state index contributed by atoms with van der Waals surface area (Å²) in [6.07, 6.45) is 2.81. The maximum atomic E-state index is 12.4. The van der Waals surface area contributed by atoms with Crippen LogP contribution in [-0.2, 0) is 10.2 Å². The van der Waals surface area contributed by atoms with Crippen LogP contribution in [0, 0.1) is 6.92 Å². The molecule has 2 nitrogen and oxygen atoms in total. The Bertz CT molecular complexity index is 462. The molecule has 0 aliphatic carbocycles. The van der Waals surface area contributed by atoms with Crippen molar-refractivity contribution in [3.8, 4) is 0 Å². The molecule has 1 aliphatic rings. The highest BCUT2D eigenvalue weighted by molar-refractivity contribution is 5.98. The quantitative estimate of drug-likeness (QED) is 0.793. The van der Waals surface area contributed by atoms with E-state index in [0.29, 0.717) is 6.42 Å². The molecule has 0 bridgehead atoms. The van der Waals surface area contributed by atoms with Gasteiger partial charge in [-0.2, -0.15) is 0 Å². The molecule has 0 fully saturated rings. The van der Waals surface area contributed by atoms with Crippen molar-refractivity contribution in [1.82, 2.24) is 0 Å². The van der Waals surface area contributed by atoms with Gasteiger partial charge in [0, 0.05) is 18.4 Å².